The van der Waals surface area contributed by atoms with Gasteiger partial charge in [-0.15, -0.1) is 0 Å². The van der Waals surface area contributed by atoms with E-state index in [9.17, 15) is 9.59 Å². The van der Waals surface area contributed by atoms with E-state index in [0.29, 0.717) is 6.54 Å². The lowest BCUT2D eigenvalue weighted by Crippen LogP contribution is -2.50. The molecule has 89 valence electrons. The van der Waals surface area contributed by atoms with Gasteiger partial charge in [-0.05, 0) is 12.8 Å². The quantitative estimate of drug-likeness (QED) is 0.570. The van der Waals surface area contributed by atoms with E-state index in [1.54, 1.807) is 11.7 Å². The first-order valence-corrected chi connectivity index (χ1v) is 5.63. The maximum Gasteiger partial charge on any atom is 0.341 e. The lowest BCUT2D eigenvalue weighted by Gasteiger charge is -2.28. The Morgan fingerprint density at radius 1 is 1.38 bits per heavy atom. The van der Waals surface area contributed by atoms with Crippen LogP contribution in [0, 0.1) is 0 Å². The zero-order valence-corrected chi connectivity index (χ0v) is 9.86. The minimum Gasteiger partial charge on any atom is -0.314 e. The number of carbonyl (C=O) groups excluding carboxylic acids is 2. The summed E-state index contributed by atoms with van der Waals surface area (Å²) in [5.41, 5.74) is 2.28. The Hall–Kier alpha value is -1.04. The number of hydroxylamine groups is 1. The van der Waals surface area contributed by atoms with E-state index in [1.807, 2.05) is 0 Å². The summed E-state index contributed by atoms with van der Waals surface area (Å²) in [6.07, 6.45) is 3.72. The van der Waals surface area contributed by atoms with Crippen LogP contribution >= 0.6 is 0 Å². The summed E-state index contributed by atoms with van der Waals surface area (Å²) in [4.78, 5) is 29.6. The average molecular weight is 225 g/mol. The van der Waals surface area contributed by atoms with Gasteiger partial charge in [0.2, 0.25) is 7.28 Å². The van der Waals surface area contributed by atoms with Crippen LogP contribution < -0.4 is 5.48 Å². The second kappa shape index (κ2) is 6.53. The van der Waals surface area contributed by atoms with E-state index >= 15 is 0 Å². The number of carbonyl (C=O) groups is 2. The van der Waals surface area contributed by atoms with Crippen LogP contribution in [0.2, 0.25) is 6.82 Å². The second-order valence-corrected chi connectivity index (χ2v) is 3.86. The highest BCUT2D eigenvalue weighted by Crippen LogP contribution is 2.17. The molecule has 1 radical (unpaired) electrons. The van der Waals surface area contributed by atoms with Gasteiger partial charge in [0.1, 0.15) is 5.68 Å². The Balaban J connectivity index is 2.72. The fourth-order valence-electron chi connectivity index (χ4n) is 1.99. The summed E-state index contributed by atoms with van der Waals surface area (Å²) in [5, 5.41) is 0. The van der Waals surface area contributed by atoms with Gasteiger partial charge < -0.3 is 9.69 Å². The molecule has 0 saturated carbocycles. The summed E-state index contributed by atoms with van der Waals surface area (Å²) in [7, 11) is 2.92. The first-order valence-electron chi connectivity index (χ1n) is 5.63. The minimum atomic E-state index is -0.331. The van der Waals surface area contributed by atoms with E-state index in [0.717, 1.165) is 25.7 Å². The van der Waals surface area contributed by atoms with E-state index in [-0.39, 0.29) is 17.8 Å². The standard InChI is InChI=1S/C10H18BN2O3/c1-11-9(14)8-6-4-3-5-7-13(8)10(15)12-16-2/h8H,3-7H2,1-2H3,(H,12,15)/t8-/m0/s1. The highest BCUT2D eigenvalue weighted by molar-refractivity contribution is 6.73. The van der Waals surface area contributed by atoms with E-state index < -0.39 is 0 Å². The third kappa shape index (κ3) is 3.23. The number of amides is 2. The van der Waals surface area contributed by atoms with Crippen molar-refractivity contribution in [1.29, 1.82) is 0 Å². The van der Waals surface area contributed by atoms with Crippen molar-refractivity contribution in [2.75, 3.05) is 13.7 Å². The smallest absolute Gasteiger partial charge is 0.314 e. The van der Waals surface area contributed by atoms with Crippen molar-refractivity contribution >= 4 is 19.0 Å². The highest BCUT2D eigenvalue weighted by Gasteiger charge is 2.29. The molecule has 0 aliphatic carbocycles. The Morgan fingerprint density at radius 3 is 2.75 bits per heavy atom. The molecule has 0 bridgehead atoms. The van der Waals surface area contributed by atoms with E-state index in [4.69, 9.17) is 0 Å². The molecular weight excluding hydrogens is 207 g/mol. The van der Waals surface area contributed by atoms with Gasteiger partial charge in [-0.3, -0.25) is 4.84 Å². The van der Waals surface area contributed by atoms with Crippen molar-refractivity contribution in [2.24, 2.45) is 0 Å². The topological polar surface area (TPSA) is 58.6 Å². The largest absolute Gasteiger partial charge is 0.341 e. The molecule has 1 aliphatic rings. The Morgan fingerprint density at radius 2 is 2.12 bits per heavy atom. The van der Waals surface area contributed by atoms with Crippen molar-refractivity contribution in [3.05, 3.63) is 0 Å². The monoisotopic (exact) mass is 225 g/mol. The summed E-state index contributed by atoms with van der Waals surface area (Å²) in [6, 6.07) is -0.660. The lowest BCUT2D eigenvalue weighted by molar-refractivity contribution is -0.116. The van der Waals surface area contributed by atoms with Crippen LogP contribution in [-0.4, -0.2) is 43.6 Å². The molecule has 1 saturated heterocycles. The van der Waals surface area contributed by atoms with Gasteiger partial charge in [0.25, 0.3) is 0 Å². The second-order valence-electron chi connectivity index (χ2n) is 3.86. The molecule has 0 spiro atoms. The van der Waals surface area contributed by atoms with Gasteiger partial charge in [0, 0.05) is 6.54 Å². The van der Waals surface area contributed by atoms with Crippen LogP contribution in [0.5, 0.6) is 0 Å². The molecule has 16 heavy (non-hydrogen) atoms. The Bertz CT molecular complexity index is 260. The molecule has 0 unspecified atom stereocenters. The first kappa shape index (κ1) is 13.0. The van der Waals surface area contributed by atoms with Gasteiger partial charge >= 0.3 is 6.03 Å². The van der Waals surface area contributed by atoms with Crippen LogP contribution in [0.15, 0.2) is 0 Å². The maximum absolute atomic E-state index is 11.7. The van der Waals surface area contributed by atoms with E-state index in [1.165, 1.54) is 14.4 Å². The number of rotatable bonds is 3. The number of nitrogens with zero attached hydrogens (tertiary/aromatic N) is 1. The molecule has 0 aromatic rings. The summed E-state index contributed by atoms with van der Waals surface area (Å²) in [6.45, 7) is 2.32. The molecule has 1 N–H and O–H groups in total. The maximum atomic E-state index is 11.7. The number of likely N-dealkylation sites (tertiary alicyclic amines) is 1. The highest BCUT2D eigenvalue weighted by atomic mass is 16.6. The molecule has 1 rings (SSSR count). The number of urea groups is 1. The van der Waals surface area contributed by atoms with Crippen molar-refractivity contribution in [3.8, 4) is 0 Å². The van der Waals surface area contributed by atoms with Crippen LogP contribution in [0.25, 0.3) is 0 Å². The molecule has 0 aromatic carbocycles. The molecule has 1 fully saturated rings. The predicted molar refractivity (Wildman–Crippen MR) is 61.1 cm³/mol. The van der Waals surface area contributed by atoms with Crippen LogP contribution in [-0.2, 0) is 9.63 Å². The zero-order chi connectivity index (χ0) is 12.0. The Labute approximate surface area is 96.7 Å². The van der Waals surface area contributed by atoms with Gasteiger partial charge in [-0.1, -0.05) is 19.7 Å². The molecule has 1 atom stereocenters. The number of nitrogens with one attached hydrogen (secondary N) is 1. The van der Waals surface area contributed by atoms with Gasteiger partial charge in [0.05, 0.1) is 13.2 Å². The summed E-state index contributed by atoms with van der Waals surface area (Å²) >= 11 is 0. The van der Waals surface area contributed by atoms with Gasteiger partial charge in [0.15, 0.2) is 0 Å². The lowest BCUT2D eigenvalue weighted by atomic mass is 9.72. The molecule has 1 heterocycles. The number of hydrogen-bond acceptors (Lipinski definition) is 3. The van der Waals surface area contributed by atoms with Gasteiger partial charge in [-0.25, -0.2) is 10.3 Å². The average Bonchev–Trinajstić information content (AvgIpc) is 2.53. The molecule has 0 aromatic heterocycles. The first-order chi connectivity index (χ1) is 7.70. The fourth-order valence-corrected chi connectivity index (χ4v) is 1.99. The third-order valence-corrected chi connectivity index (χ3v) is 2.82. The molecule has 6 heteroatoms. The van der Waals surface area contributed by atoms with E-state index in [2.05, 4.69) is 10.3 Å². The minimum absolute atomic E-state index is 0.00755. The Kier molecular flexibility index (Phi) is 5.32. The van der Waals surface area contributed by atoms with Crippen molar-refractivity contribution in [2.45, 2.75) is 38.5 Å². The van der Waals surface area contributed by atoms with Crippen molar-refractivity contribution in [1.82, 2.24) is 10.4 Å². The van der Waals surface area contributed by atoms with Crippen molar-refractivity contribution in [3.63, 3.8) is 0 Å². The number of hydrogen-bond donors (Lipinski definition) is 1. The van der Waals surface area contributed by atoms with Crippen LogP contribution in [0.3, 0.4) is 0 Å². The third-order valence-electron chi connectivity index (χ3n) is 2.82. The van der Waals surface area contributed by atoms with Crippen LogP contribution in [0.4, 0.5) is 4.79 Å². The molecule has 2 amide bonds. The SMILES string of the molecule is C[B]C(=O)[C@@H]1CCCCCN1C(=O)NOC. The predicted octanol–water partition coefficient (Wildman–Crippen LogP) is 0.781. The van der Waals surface area contributed by atoms with Crippen molar-refractivity contribution < 1.29 is 14.4 Å². The normalized spacial score (nSPS) is 21.1. The molecular formula is C10H18BN2O3. The summed E-state index contributed by atoms with van der Waals surface area (Å²) < 4.78 is 0. The van der Waals surface area contributed by atoms with Crippen LogP contribution in [0.1, 0.15) is 25.7 Å². The zero-order valence-electron chi connectivity index (χ0n) is 9.86. The molecule has 5 nitrogen and oxygen atoms in total. The molecule has 1 aliphatic heterocycles. The van der Waals surface area contributed by atoms with Gasteiger partial charge in [-0.2, -0.15) is 0 Å². The summed E-state index contributed by atoms with van der Waals surface area (Å²) in [5.74, 6) is 0. The fraction of sp³-hybridized carbons (Fsp3) is 0.800.